The van der Waals surface area contributed by atoms with E-state index in [-0.39, 0.29) is 17.7 Å². The van der Waals surface area contributed by atoms with Crippen molar-refractivity contribution in [3.05, 3.63) is 81.5 Å². The molecule has 0 saturated carbocycles. The molecule has 28 heavy (non-hydrogen) atoms. The number of carbonyl (C=O) groups is 1. The first kappa shape index (κ1) is 18.5. The van der Waals surface area contributed by atoms with Gasteiger partial charge in [-0.2, -0.15) is 5.10 Å². The topological polar surface area (TPSA) is 69.2 Å². The van der Waals surface area contributed by atoms with Gasteiger partial charge in [0.15, 0.2) is 0 Å². The Morgan fingerprint density at radius 3 is 2.68 bits per heavy atom. The molecular weight excluding hydrogens is 418 g/mol. The molecule has 5 nitrogen and oxygen atoms in total. The van der Waals surface area contributed by atoms with Crippen LogP contribution in [0.15, 0.2) is 53.5 Å². The molecule has 3 aromatic rings. The highest BCUT2D eigenvalue weighted by Gasteiger charge is 2.42. The maximum atomic E-state index is 13.0. The first-order chi connectivity index (χ1) is 13.4. The van der Waals surface area contributed by atoms with E-state index in [2.05, 4.69) is 32.7 Å². The average Bonchev–Trinajstić information content (AvgIpc) is 3.19. The summed E-state index contributed by atoms with van der Waals surface area (Å²) in [7, 11) is 0. The highest BCUT2D eigenvalue weighted by molar-refractivity contribution is 9.10. The SMILES string of the molecule is C=CCN1C(=O)c2[nH]nc(-c3cc(C)cc(C)c3O)c2C1c1ccc(Br)cc1. The van der Waals surface area contributed by atoms with Crippen LogP contribution in [0, 0.1) is 13.8 Å². The number of nitrogens with one attached hydrogen (secondary N) is 1. The molecule has 2 aromatic carbocycles. The van der Waals surface area contributed by atoms with E-state index in [0.717, 1.165) is 26.7 Å². The maximum absolute atomic E-state index is 13.0. The Labute approximate surface area is 171 Å². The third-order valence-electron chi connectivity index (χ3n) is 5.08. The van der Waals surface area contributed by atoms with Gasteiger partial charge in [0, 0.05) is 22.1 Å². The van der Waals surface area contributed by atoms with Crippen molar-refractivity contribution in [2.24, 2.45) is 0 Å². The summed E-state index contributed by atoms with van der Waals surface area (Å²) < 4.78 is 0.968. The zero-order valence-corrected chi connectivity index (χ0v) is 17.2. The molecule has 1 aromatic heterocycles. The molecule has 142 valence electrons. The number of fused-ring (bicyclic) bond motifs is 1. The number of carbonyl (C=O) groups excluding carboxylic acids is 1. The summed E-state index contributed by atoms with van der Waals surface area (Å²) in [6, 6.07) is 11.4. The van der Waals surface area contributed by atoms with Crippen molar-refractivity contribution in [3.63, 3.8) is 0 Å². The van der Waals surface area contributed by atoms with Gasteiger partial charge in [-0.25, -0.2) is 0 Å². The molecule has 1 aliphatic rings. The molecule has 2 heterocycles. The Kier molecular flexibility index (Phi) is 4.59. The number of halogens is 1. The van der Waals surface area contributed by atoms with E-state index in [0.29, 0.717) is 23.5 Å². The van der Waals surface area contributed by atoms with Crippen LogP contribution in [0.2, 0.25) is 0 Å². The zero-order chi connectivity index (χ0) is 20.0. The summed E-state index contributed by atoms with van der Waals surface area (Å²) in [6.07, 6.45) is 1.72. The van der Waals surface area contributed by atoms with E-state index in [9.17, 15) is 9.90 Å². The van der Waals surface area contributed by atoms with Gasteiger partial charge in [0.2, 0.25) is 0 Å². The molecule has 0 saturated heterocycles. The lowest BCUT2D eigenvalue weighted by Crippen LogP contribution is -2.29. The van der Waals surface area contributed by atoms with E-state index < -0.39 is 0 Å². The van der Waals surface area contributed by atoms with Crippen LogP contribution in [-0.4, -0.2) is 32.7 Å². The lowest BCUT2D eigenvalue weighted by atomic mass is 9.94. The second-order valence-corrected chi connectivity index (χ2v) is 7.95. The third kappa shape index (κ3) is 2.85. The van der Waals surface area contributed by atoms with Crippen LogP contribution < -0.4 is 0 Å². The van der Waals surface area contributed by atoms with Crippen molar-refractivity contribution in [2.75, 3.05) is 6.54 Å². The van der Waals surface area contributed by atoms with Crippen LogP contribution >= 0.6 is 15.9 Å². The monoisotopic (exact) mass is 437 g/mol. The highest BCUT2D eigenvalue weighted by atomic mass is 79.9. The van der Waals surface area contributed by atoms with Crippen LogP contribution in [0.25, 0.3) is 11.3 Å². The number of benzene rings is 2. The van der Waals surface area contributed by atoms with Gasteiger partial charge in [0.05, 0.1) is 6.04 Å². The number of hydrogen-bond acceptors (Lipinski definition) is 3. The molecule has 0 bridgehead atoms. The van der Waals surface area contributed by atoms with E-state index in [1.807, 2.05) is 50.2 Å². The predicted octanol–water partition coefficient (Wildman–Crippen LogP) is 4.89. The largest absolute Gasteiger partial charge is 0.507 e. The molecule has 0 aliphatic carbocycles. The number of aromatic hydroxyl groups is 1. The number of phenols is 1. The average molecular weight is 438 g/mol. The molecule has 2 N–H and O–H groups in total. The van der Waals surface area contributed by atoms with Crippen LogP contribution in [0.5, 0.6) is 5.75 Å². The van der Waals surface area contributed by atoms with E-state index >= 15 is 0 Å². The van der Waals surface area contributed by atoms with Gasteiger partial charge in [-0.3, -0.25) is 9.89 Å². The minimum atomic E-state index is -0.303. The Hall–Kier alpha value is -2.86. The molecule has 0 spiro atoms. The lowest BCUT2D eigenvalue weighted by molar-refractivity contribution is 0.0764. The summed E-state index contributed by atoms with van der Waals surface area (Å²) in [4.78, 5) is 14.8. The van der Waals surface area contributed by atoms with Crippen molar-refractivity contribution < 1.29 is 9.90 Å². The summed E-state index contributed by atoms with van der Waals surface area (Å²) in [6.45, 7) is 8.05. The Morgan fingerprint density at radius 1 is 1.29 bits per heavy atom. The Bertz CT molecular complexity index is 1090. The normalized spacial score (nSPS) is 15.8. The quantitative estimate of drug-likeness (QED) is 0.570. The van der Waals surface area contributed by atoms with Gasteiger partial charge >= 0.3 is 0 Å². The number of amides is 1. The van der Waals surface area contributed by atoms with Crippen LogP contribution in [0.4, 0.5) is 0 Å². The number of aromatic nitrogens is 2. The van der Waals surface area contributed by atoms with Crippen molar-refractivity contribution in [1.82, 2.24) is 15.1 Å². The summed E-state index contributed by atoms with van der Waals surface area (Å²) in [5.74, 6) is 0.0644. The van der Waals surface area contributed by atoms with Crippen LogP contribution in [0.3, 0.4) is 0 Å². The fraction of sp³-hybridized carbons (Fsp3) is 0.182. The Morgan fingerprint density at radius 2 is 2.00 bits per heavy atom. The van der Waals surface area contributed by atoms with E-state index in [4.69, 9.17) is 0 Å². The zero-order valence-electron chi connectivity index (χ0n) is 15.7. The lowest BCUT2D eigenvalue weighted by Gasteiger charge is -2.25. The summed E-state index contributed by atoms with van der Waals surface area (Å²) in [5, 5.41) is 18.0. The molecule has 1 atom stereocenters. The maximum Gasteiger partial charge on any atom is 0.273 e. The predicted molar refractivity (Wildman–Crippen MR) is 112 cm³/mol. The number of aryl methyl sites for hydroxylation is 2. The van der Waals surface area contributed by atoms with Crippen LogP contribution in [-0.2, 0) is 0 Å². The summed E-state index contributed by atoms with van der Waals surface area (Å²) >= 11 is 3.46. The first-order valence-electron chi connectivity index (χ1n) is 8.98. The van der Waals surface area contributed by atoms with Gasteiger partial charge in [-0.1, -0.05) is 40.2 Å². The van der Waals surface area contributed by atoms with E-state index in [1.165, 1.54) is 0 Å². The fourth-order valence-corrected chi connectivity index (χ4v) is 4.13. The number of hydrogen-bond donors (Lipinski definition) is 2. The van der Waals surface area contributed by atoms with Gasteiger partial charge in [0.1, 0.15) is 17.1 Å². The van der Waals surface area contributed by atoms with Gasteiger partial charge < -0.3 is 10.0 Å². The van der Waals surface area contributed by atoms with Crippen molar-refractivity contribution in [1.29, 1.82) is 0 Å². The molecule has 0 fully saturated rings. The first-order valence-corrected chi connectivity index (χ1v) is 9.77. The standard InChI is InChI=1S/C22H20BrN3O2/c1-4-9-26-20(14-5-7-15(23)8-6-14)17-18(24-25-19(17)22(26)28)16-11-12(2)10-13(3)21(16)27/h4-8,10-11,20,27H,1,9H2,2-3H3,(H,24,25). The highest BCUT2D eigenvalue weighted by Crippen LogP contribution is 2.45. The number of nitrogens with zero attached hydrogens (tertiary/aromatic N) is 2. The molecule has 1 aliphatic heterocycles. The summed E-state index contributed by atoms with van der Waals surface area (Å²) in [5.41, 5.74) is 5.26. The number of H-pyrrole nitrogens is 1. The number of rotatable bonds is 4. The smallest absolute Gasteiger partial charge is 0.273 e. The number of phenolic OH excluding ortho intramolecular Hbond substituents is 1. The van der Waals surface area contributed by atoms with Crippen LogP contribution in [0.1, 0.15) is 38.8 Å². The second-order valence-electron chi connectivity index (χ2n) is 7.04. The van der Waals surface area contributed by atoms with Gasteiger partial charge in [0.25, 0.3) is 5.91 Å². The Balaban J connectivity index is 1.95. The van der Waals surface area contributed by atoms with Crippen molar-refractivity contribution in [2.45, 2.75) is 19.9 Å². The van der Waals surface area contributed by atoms with Gasteiger partial charge in [-0.15, -0.1) is 6.58 Å². The minimum absolute atomic E-state index is 0.120. The minimum Gasteiger partial charge on any atom is -0.507 e. The molecule has 0 radical (unpaired) electrons. The second kappa shape index (κ2) is 6.95. The molecule has 4 rings (SSSR count). The molecule has 1 amide bonds. The fourth-order valence-electron chi connectivity index (χ4n) is 3.86. The number of aromatic amines is 1. The molecule has 1 unspecified atom stereocenters. The van der Waals surface area contributed by atoms with Crippen molar-refractivity contribution >= 4 is 21.8 Å². The van der Waals surface area contributed by atoms with Gasteiger partial charge in [-0.05, 0) is 48.7 Å². The molecular formula is C22H20BrN3O2. The van der Waals surface area contributed by atoms with Crippen molar-refractivity contribution in [3.8, 4) is 17.0 Å². The third-order valence-corrected chi connectivity index (χ3v) is 5.60. The van der Waals surface area contributed by atoms with E-state index in [1.54, 1.807) is 11.0 Å². The molecule has 6 heteroatoms.